The summed E-state index contributed by atoms with van der Waals surface area (Å²) in [5.41, 5.74) is 3.06. The monoisotopic (exact) mass is 604 g/mol. The van der Waals surface area contributed by atoms with E-state index in [0.717, 1.165) is 6.42 Å². The van der Waals surface area contributed by atoms with Crippen LogP contribution in [0.2, 0.25) is 0 Å². The van der Waals surface area contributed by atoms with Gasteiger partial charge >= 0.3 is 0 Å². The van der Waals surface area contributed by atoms with Crippen molar-refractivity contribution in [1.82, 2.24) is 0 Å². The normalized spacial score (nSPS) is 11.5. The van der Waals surface area contributed by atoms with E-state index in [9.17, 15) is 0 Å². The van der Waals surface area contributed by atoms with Gasteiger partial charge in [-0.25, -0.2) is 0 Å². The second-order valence-corrected chi connectivity index (χ2v) is 17.4. The smallest absolute Gasteiger partial charge is 0.0103 e. The molecule has 2 aromatic heterocycles. The Kier molecular flexibility index (Phi) is 8.66. The zero-order chi connectivity index (χ0) is 28.3. The highest BCUT2D eigenvalue weighted by Crippen LogP contribution is 2.43. The van der Waals surface area contributed by atoms with Gasteiger partial charge in [0.05, 0.1) is 0 Å². The molecule has 0 aliphatic heterocycles. The van der Waals surface area contributed by atoms with Crippen LogP contribution in [-0.2, 0) is 6.42 Å². The van der Waals surface area contributed by atoms with Crippen LogP contribution in [0.1, 0.15) is 30.6 Å². The molecule has 2 heterocycles. The highest BCUT2D eigenvalue weighted by atomic mass is 32.1. The average molecular weight is 605 g/mol. The first-order chi connectivity index (χ1) is 20.0. The SMILES string of the molecule is Cc1sc(C)c(P(c2ccccc2)c2ccccc2)c1Cc1c(C)sc(C)c1P(c1ccccc1)c1ccccc1. The second kappa shape index (κ2) is 12.6. The van der Waals surface area contributed by atoms with Crippen LogP contribution >= 0.6 is 38.5 Å². The maximum atomic E-state index is 2.34. The number of thiophene rings is 2. The van der Waals surface area contributed by atoms with E-state index >= 15 is 0 Å². The topological polar surface area (TPSA) is 0 Å². The highest BCUT2D eigenvalue weighted by Gasteiger charge is 2.29. The number of hydrogen-bond donors (Lipinski definition) is 0. The molecule has 6 rings (SSSR count). The van der Waals surface area contributed by atoms with Gasteiger partial charge in [-0.15, -0.1) is 22.7 Å². The third kappa shape index (κ3) is 5.77. The molecule has 0 unspecified atom stereocenters. The first-order valence-corrected chi connectivity index (χ1v) is 18.3. The first-order valence-electron chi connectivity index (χ1n) is 14.0. The highest BCUT2D eigenvalue weighted by molar-refractivity contribution is 7.80. The number of hydrogen-bond acceptors (Lipinski definition) is 2. The Morgan fingerprint density at radius 2 is 0.659 bits per heavy atom. The fourth-order valence-corrected chi connectivity index (χ4v) is 13.8. The summed E-state index contributed by atoms with van der Waals surface area (Å²) < 4.78 is 0. The molecule has 4 aromatic carbocycles. The Bertz CT molecular complexity index is 1530. The van der Waals surface area contributed by atoms with E-state index in [1.807, 2.05) is 22.7 Å². The Balaban J connectivity index is 1.53. The van der Waals surface area contributed by atoms with Gasteiger partial charge in [-0.05, 0) is 75.9 Å². The molecule has 6 aromatic rings. The standard InChI is InChI=1S/C37H34P2S2/c1-26-34(36(28(3)40-26)38(30-17-9-5-10-18-30)31-19-11-6-12-20-31)25-35-27(2)41-29(4)37(35)39(32-21-13-7-14-22-32)33-23-15-8-16-24-33/h5-24H,25H2,1-4H3. The molecule has 0 atom stereocenters. The number of rotatable bonds is 8. The van der Waals surface area contributed by atoms with Gasteiger partial charge in [-0.2, -0.15) is 0 Å². The van der Waals surface area contributed by atoms with E-state index in [-0.39, 0.29) is 0 Å². The maximum absolute atomic E-state index is 2.34. The average Bonchev–Trinajstić information content (AvgIpc) is 3.44. The predicted octanol–water partition coefficient (Wildman–Crippen LogP) is 8.15. The van der Waals surface area contributed by atoms with Crippen LogP contribution < -0.4 is 31.8 Å². The minimum atomic E-state index is -0.659. The Labute approximate surface area is 255 Å². The first kappa shape index (κ1) is 28.3. The lowest BCUT2D eigenvalue weighted by Gasteiger charge is -2.24. The molecule has 4 heteroatoms. The lowest BCUT2D eigenvalue weighted by molar-refractivity contribution is 1.20. The Hall–Kier alpha value is -2.86. The van der Waals surface area contributed by atoms with Crippen LogP contribution in [0.25, 0.3) is 0 Å². The minimum Gasteiger partial charge on any atom is -0.145 e. The molecule has 41 heavy (non-hydrogen) atoms. The molecule has 0 N–H and O–H groups in total. The molecule has 0 bridgehead atoms. The third-order valence-electron chi connectivity index (χ3n) is 7.56. The van der Waals surface area contributed by atoms with E-state index in [4.69, 9.17) is 0 Å². The molecule has 0 fully saturated rings. The molecule has 0 amide bonds. The van der Waals surface area contributed by atoms with E-state index in [1.54, 1.807) is 10.6 Å². The van der Waals surface area contributed by atoms with Crippen molar-refractivity contribution in [2.24, 2.45) is 0 Å². The summed E-state index contributed by atoms with van der Waals surface area (Å²) in [7, 11) is -1.32. The largest absolute Gasteiger partial charge is 0.145 e. The fraction of sp³-hybridized carbons (Fsp3) is 0.135. The number of aryl methyl sites for hydroxylation is 4. The van der Waals surface area contributed by atoms with Crippen LogP contribution in [0.5, 0.6) is 0 Å². The van der Waals surface area contributed by atoms with E-state index < -0.39 is 15.8 Å². The van der Waals surface area contributed by atoms with Gasteiger partial charge in [0.25, 0.3) is 0 Å². The van der Waals surface area contributed by atoms with E-state index in [2.05, 4.69) is 149 Å². The molecule has 0 saturated heterocycles. The van der Waals surface area contributed by atoms with Gasteiger partial charge in [-0.1, -0.05) is 121 Å². The van der Waals surface area contributed by atoms with Gasteiger partial charge in [-0.3, -0.25) is 0 Å². The lowest BCUT2D eigenvalue weighted by atomic mass is 10.1. The summed E-state index contributed by atoms with van der Waals surface area (Å²) >= 11 is 3.95. The van der Waals surface area contributed by atoms with E-state index in [0.29, 0.717) is 0 Å². The van der Waals surface area contributed by atoms with Crippen LogP contribution in [0.3, 0.4) is 0 Å². The molecule has 0 saturated carbocycles. The van der Waals surface area contributed by atoms with Crippen LogP contribution in [-0.4, -0.2) is 0 Å². The minimum absolute atomic E-state index is 0.659. The second-order valence-electron chi connectivity index (χ2n) is 10.3. The number of benzene rings is 4. The van der Waals surface area contributed by atoms with Crippen molar-refractivity contribution in [2.75, 3.05) is 0 Å². The van der Waals surface area contributed by atoms with Crippen molar-refractivity contribution in [2.45, 2.75) is 34.1 Å². The zero-order valence-corrected chi connectivity index (χ0v) is 27.4. The lowest BCUT2D eigenvalue weighted by Crippen LogP contribution is -2.26. The maximum Gasteiger partial charge on any atom is 0.0103 e. The summed E-state index contributed by atoms with van der Waals surface area (Å²) in [4.78, 5) is 5.82. The predicted molar refractivity (Wildman–Crippen MR) is 188 cm³/mol. The Morgan fingerprint density at radius 3 is 0.927 bits per heavy atom. The van der Waals surface area contributed by atoms with Crippen molar-refractivity contribution < 1.29 is 0 Å². The molecule has 0 aliphatic rings. The van der Waals surface area contributed by atoms with Gasteiger partial charge in [0.15, 0.2) is 0 Å². The molecular weight excluding hydrogens is 570 g/mol. The quantitative estimate of drug-likeness (QED) is 0.154. The summed E-state index contributed by atoms with van der Waals surface area (Å²) in [6.45, 7) is 9.35. The van der Waals surface area contributed by atoms with Crippen molar-refractivity contribution in [3.63, 3.8) is 0 Å². The van der Waals surface area contributed by atoms with Crippen LogP contribution in [0.15, 0.2) is 121 Å². The van der Waals surface area contributed by atoms with Crippen LogP contribution in [0.4, 0.5) is 0 Å². The molecule has 0 radical (unpaired) electrons. The molecule has 0 spiro atoms. The van der Waals surface area contributed by atoms with Crippen molar-refractivity contribution in [3.8, 4) is 0 Å². The fourth-order valence-electron chi connectivity index (χ4n) is 5.74. The van der Waals surface area contributed by atoms with E-state index in [1.165, 1.54) is 51.9 Å². The van der Waals surface area contributed by atoms with Crippen molar-refractivity contribution >= 4 is 70.3 Å². The molecule has 204 valence electrons. The van der Waals surface area contributed by atoms with Crippen molar-refractivity contribution in [3.05, 3.63) is 152 Å². The molecule has 0 aliphatic carbocycles. The Morgan fingerprint density at radius 1 is 0.390 bits per heavy atom. The van der Waals surface area contributed by atoms with Gasteiger partial charge < -0.3 is 0 Å². The van der Waals surface area contributed by atoms with Crippen molar-refractivity contribution in [1.29, 1.82) is 0 Å². The van der Waals surface area contributed by atoms with Gasteiger partial charge in [0.2, 0.25) is 0 Å². The summed E-state index contributed by atoms with van der Waals surface area (Å²) in [6, 6.07) is 44.7. The zero-order valence-electron chi connectivity index (χ0n) is 24.0. The van der Waals surface area contributed by atoms with Gasteiger partial charge in [0, 0.05) is 36.5 Å². The summed E-state index contributed by atoms with van der Waals surface area (Å²) in [6.07, 6.45) is 0.980. The van der Waals surface area contributed by atoms with Gasteiger partial charge in [0.1, 0.15) is 0 Å². The summed E-state index contributed by atoms with van der Waals surface area (Å²) in [5, 5.41) is 8.79. The van der Waals surface area contributed by atoms with Crippen LogP contribution in [0, 0.1) is 27.7 Å². The third-order valence-corrected chi connectivity index (χ3v) is 15.4. The molecular formula is C37H34P2S2. The molecule has 0 nitrogen and oxygen atoms in total. The summed E-state index contributed by atoms with van der Waals surface area (Å²) in [5.74, 6) is 0.